The molecule has 8 heteroatoms. The summed E-state index contributed by atoms with van der Waals surface area (Å²) in [6.45, 7) is 6.10. The van der Waals surface area contributed by atoms with Crippen LogP contribution in [0, 0.1) is 13.8 Å². The minimum atomic E-state index is -0.832. The maximum atomic E-state index is 12.1. The molecule has 1 aromatic heterocycles. The number of aliphatic imine (C=N–C) groups is 1. The van der Waals surface area contributed by atoms with Crippen LogP contribution in [0.2, 0.25) is 0 Å². The zero-order chi connectivity index (χ0) is 23.8. The zero-order valence-electron chi connectivity index (χ0n) is 18.7. The topological polar surface area (TPSA) is 110 Å². The highest BCUT2D eigenvalue weighted by atomic mass is 16.5. The second-order valence-electron chi connectivity index (χ2n) is 7.27. The van der Waals surface area contributed by atoms with Crippen molar-refractivity contribution < 1.29 is 23.5 Å². The standard InChI is InChI=1S/C25H25N3O5/c1-4-32-25(31)18-6-9-19(10-7-18)28-24(30)23(29)27-15-22-12-11-21(33-22)14-26-20-8-5-16(2)17(3)13-20/h5-14H,4,15H2,1-3H3,(H,27,29)(H,28,30). The van der Waals surface area contributed by atoms with Crippen LogP contribution < -0.4 is 10.6 Å². The first-order valence-corrected chi connectivity index (χ1v) is 10.4. The van der Waals surface area contributed by atoms with Gasteiger partial charge in [-0.25, -0.2) is 4.79 Å². The number of esters is 1. The van der Waals surface area contributed by atoms with Crippen LogP contribution in [0.5, 0.6) is 0 Å². The van der Waals surface area contributed by atoms with Gasteiger partial charge in [-0.15, -0.1) is 0 Å². The summed E-state index contributed by atoms with van der Waals surface area (Å²) in [4.78, 5) is 40.2. The van der Waals surface area contributed by atoms with E-state index in [-0.39, 0.29) is 13.2 Å². The van der Waals surface area contributed by atoms with Gasteiger partial charge in [-0.05, 0) is 80.4 Å². The van der Waals surface area contributed by atoms with E-state index in [2.05, 4.69) is 15.6 Å². The highest BCUT2D eigenvalue weighted by Gasteiger charge is 2.15. The van der Waals surface area contributed by atoms with Crippen molar-refractivity contribution in [1.82, 2.24) is 5.32 Å². The Bertz CT molecular complexity index is 1180. The van der Waals surface area contributed by atoms with E-state index in [4.69, 9.17) is 9.15 Å². The van der Waals surface area contributed by atoms with Crippen molar-refractivity contribution in [3.8, 4) is 0 Å². The largest absolute Gasteiger partial charge is 0.462 e. The Kier molecular flexibility index (Phi) is 7.75. The molecule has 1 heterocycles. The fourth-order valence-electron chi connectivity index (χ4n) is 2.84. The fraction of sp³-hybridized carbons (Fsp3) is 0.200. The van der Waals surface area contributed by atoms with E-state index in [0.717, 1.165) is 11.3 Å². The molecule has 0 aliphatic carbocycles. The van der Waals surface area contributed by atoms with Gasteiger partial charge in [0, 0.05) is 5.69 Å². The van der Waals surface area contributed by atoms with Gasteiger partial charge in [-0.2, -0.15) is 0 Å². The molecule has 0 unspecified atom stereocenters. The molecule has 2 amide bonds. The molecule has 0 aliphatic heterocycles. The first-order chi connectivity index (χ1) is 15.9. The second-order valence-corrected chi connectivity index (χ2v) is 7.27. The van der Waals surface area contributed by atoms with Crippen molar-refractivity contribution in [2.45, 2.75) is 27.3 Å². The Balaban J connectivity index is 1.49. The minimum absolute atomic E-state index is 0.0472. The molecule has 2 N–H and O–H groups in total. The Morgan fingerprint density at radius 1 is 0.970 bits per heavy atom. The van der Waals surface area contributed by atoms with E-state index >= 15 is 0 Å². The van der Waals surface area contributed by atoms with Gasteiger partial charge >= 0.3 is 17.8 Å². The van der Waals surface area contributed by atoms with Crippen LogP contribution in [0.25, 0.3) is 0 Å². The average Bonchev–Trinajstić information content (AvgIpc) is 3.26. The van der Waals surface area contributed by atoms with Gasteiger partial charge in [0.2, 0.25) is 0 Å². The summed E-state index contributed by atoms with van der Waals surface area (Å²) in [5.41, 5.74) is 3.90. The number of hydrogen-bond acceptors (Lipinski definition) is 6. The van der Waals surface area contributed by atoms with E-state index < -0.39 is 17.8 Å². The van der Waals surface area contributed by atoms with Crippen LogP contribution in [0.15, 0.2) is 64.0 Å². The summed E-state index contributed by atoms with van der Waals surface area (Å²) in [7, 11) is 0. The van der Waals surface area contributed by atoms with Gasteiger partial charge in [0.15, 0.2) is 0 Å². The molecule has 0 atom stereocenters. The highest BCUT2D eigenvalue weighted by molar-refractivity contribution is 6.39. The average molecular weight is 447 g/mol. The molecule has 0 saturated carbocycles. The van der Waals surface area contributed by atoms with Gasteiger partial charge in [0.05, 0.1) is 30.6 Å². The van der Waals surface area contributed by atoms with Crippen LogP contribution in [0.3, 0.4) is 0 Å². The van der Waals surface area contributed by atoms with Crippen molar-refractivity contribution in [2.75, 3.05) is 11.9 Å². The molecular weight excluding hydrogens is 422 g/mol. The monoisotopic (exact) mass is 447 g/mol. The number of nitrogens with one attached hydrogen (secondary N) is 2. The van der Waals surface area contributed by atoms with Crippen LogP contribution in [-0.4, -0.2) is 30.6 Å². The lowest BCUT2D eigenvalue weighted by Crippen LogP contribution is -2.34. The number of aryl methyl sites for hydroxylation is 2. The number of carbonyl (C=O) groups excluding carboxylic acids is 3. The molecule has 3 rings (SSSR count). The molecule has 0 radical (unpaired) electrons. The number of benzene rings is 2. The number of hydrogen-bond donors (Lipinski definition) is 2. The maximum Gasteiger partial charge on any atom is 0.338 e. The Morgan fingerprint density at radius 2 is 1.73 bits per heavy atom. The highest BCUT2D eigenvalue weighted by Crippen LogP contribution is 2.17. The van der Waals surface area contributed by atoms with Crippen molar-refractivity contribution in [3.63, 3.8) is 0 Å². The molecular formula is C25H25N3O5. The number of ether oxygens (including phenoxy) is 1. The Morgan fingerprint density at radius 3 is 2.42 bits per heavy atom. The summed E-state index contributed by atoms with van der Waals surface area (Å²) < 4.78 is 10.5. The van der Waals surface area contributed by atoms with Crippen LogP contribution >= 0.6 is 0 Å². The first kappa shape index (κ1) is 23.5. The van der Waals surface area contributed by atoms with Crippen molar-refractivity contribution in [1.29, 1.82) is 0 Å². The van der Waals surface area contributed by atoms with Crippen LogP contribution in [-0.2, 0) is 20.9 Å². The van der Waals surface area contributed by atoms with E-state index in [9.17, 15) is 14.4 Å². The molecule has 0 fully saturated rings. The third-order valence-corrected chi connectivity index (χ3v) is 4.80. The van der Waals surface area contributed by atoms with Crippen molar-refractivity contribution in [3.05, 3.63) is 82.8 Å². The summed E-state index contributed by atoms with van der Waals surface area (Å²) in [5, 5.41) is 4.98. The van der Waals surface area contributed by atoms with Crippen molar-refractivity contribution in [2.24, 2.45) is 4.99 Å². The summed E-state index contributed by atoms with van der Waals surface area (Å²) in [6, 6.07) is 15.4. The van der Waals surface area contributed by atoms with E-state index in [0.29, 0.717) is 22.8 Å². The lowest BCUT2D eigenvalue weighted by atomic mass is 10.1. The third-order valence-electron chi connectivity index (χ3n) is 4.80. The van der Waals surface area contributed by atoms with E-state index in [1.807, 2.05) is 32.0 Å². The smallest absolute Gasteiger partial charge is 0.338 e. The molecule has 170 valence electrons. The van der Waals surface area contributed by atoms with Gasteiger partial charge in [0.1, 0.15) is 11.5 Å². The predicted molar refractivity (Wildman–Crippen MR) is 125 cm³/mol. The molecule has 0 aliphatic rings. The minimum Gasteiger partial charge on any atom is -0.462 e. The predicted octanol–water partition coefficient (Wildman–Crippen LogP) is 4.08. The normalized spacial score (nSPS) is 10.8. The van der Waals surface area contributed by atoms with Gasteiger partial charge in [0.25, 0.3) is 0 Å². The number of nitrogens with zero attached hydrogens (tertiary/aromatic N) is 1. The van der Waals surface area contributed by atoms with Gasteiger partial charge < -0.3 is 19.8 Å². The summed E-state index contributed by atoms with van der Waals surface area (Å²) >= 11 is 0. The molecule has 0 bridgehead atoms. The quantitative estimate of drug-likeness (QED) is 0.322. The summed E-state index contributed by atoms with van der Waals surface area (Å²) in [6.07, 6.45) is 1.60. The van der Waals surface area contributed by atoms with E-state index in [1.165, 1.54) is 29.8 Å². The lowest BCUT2D eigenvalue weighted by Gasteiger charge is -2.07. The van der Waals surface area contributed by atoms with Crippen LogP contribution in [0.1, 0.15) is 39.9 Å². The molecule has 0 saturated heterocycles. The maximum absolute atomic E-state index is 12.1. The third kappa shape index (κ3) is 6.64. The lowest BCUT2D eigenvalue weighted by molar-refractivity contribution is -0.136. The number of carbonyl (C=O) groups is 3. The number of furan rings is 1. The molecule has 8 nitrogen and oxygen atoms in total. The van der Waals surface area contributed by atoms with Gasteiger partial charge in [-0.1, -0.05) is 6.07 Å². The molecule has 2 aromatic carbocycles. The number of amides is 2. The second kappa shape index (κ2) is 10.9. The first-order valence-electron chi connectivity index (χ1n) is 10.4. The Hall–Kier alpha value is -4.20. The van der Waals surface area contributed by atoms with Gasteiger partial charge in [-0.3, -0.25) is 14.6 Å². The molecule has 3 aromatic rings. The van der Waals surface area contributed by atoms with Crippen LogP contribution in [0.4, 0.5) is 11.4 Å². The number of rotatable bonds is 7. The van der Waals surface area contributed by atoms with E-state index in [1.54, 1.807) is 25.3 Å². The SMILES string of the molecule is CCOC(=O)c1ccc(NC(=O)C(=O)NCc2ccc(C=Nc3ccc(C)c(C)c3)o2)cc1. The zero-order valence-corrected chi connectivity index (χ0v) is 18.7. The number of anilines is 1. The Labute approximate surface area is 191 Å². The fourth-order valence-corrected chi connectivity index (χ4v) is 2.84. The van der Waals surface area contributed by atoms with Crippen molar-refractivity contribution >= 4 is 35.4 Å². The molecule has 0 spiro atoms. The summed E-state index contributed by atoms with van der Waals surface area (Å²) in [5.74, 6) is -1.08. The molecule has 33 heavy (non-hydrogen) atoms.